The molecule has 8 nitrogen and oxygen atoms in total. The number of carbonyl (C=O) groups excluding carboxylic acids is 1. The van der Waals surface area contributed by atoms with E-state index in [1.54, 1.807) is 14.0 Å². The summed E-state index contributed by atoms with van der Waals surface area (Å²) in [6.45, 7) is 3.65. The summed E-state index contributed by atoms with van der Waals surface area (Å²) in [5.41, 5.74) is 0.770. The molecule has 0 aliphatic carbocycles. The van der Waals surface area contributed by atoms with Gasteiger partial charge in [-0.25, -0.2) is 0 Å². The fourth-order valence-corrected chi connectivity index (χ4v) is 2.81. The first-order chi connectivity index (χ1) is 12.2. The third kappa shape index (κ3) is 4.94. The Labute approximate surface area is 158 Å². The van der Waals surface area contributed by atoms with Crippen molar-refractivity contribution in [3.8, 4) is 5.75 Å². The molecule has 1 aliphatic rings. The molecule has 1 saturated heterocycles. The molecule has 0 bridgehead atoms. The van der Waals surface area contributed by atoms with E-state index in [1.165, 1.54) is 0 Å². The van der Waals surface area contributed by atoms with Crippen LogP contribution >= 0.6 is 12.4 Å². The molecule has 142 valence electrons. The van der Waals surface area contributed by atoms with Crippen LogP contribution in [-0.2, 0) is 9.53 Å². The number of methoxy groups -OCH3 is 1. The summed E-state index contributed by atoms with van der Waals surface area (Å²) >= 11 is 0. The first-order valence-corrected chi connectivity index (χ1v) is 8.21. The van der Waals surface area contributed by atoms with Gasteiger partial charge in [0.25, 0.3) is 0 Å². The van der Waals surface area contributed by atoms with Crippen LogP contribution in [0.2, 0.25) is 0 Å². The molecule has 3 rings (SSSR count). The van der Waals surface area contributed by atoms with Gasteiger partial charge in [0.05, 0.1) is 20.3 Å². The molecule has 1 aliphatic heterocycles. The molecule has 2 heterocycles. The van der Waals surface area contributed by atoms with Crippen molar-refractivity contribution in [2.45, 2.75) is 25.4 Å². The van der Waals surface area contributed by atoms with Crippen LogP contribution in [0.1, 0.15) is 29.7 Å². The first-order valence-electron chi connectivity index (χ1n) is 8.21. The maximum atomic E-state index is 12.5. The number of morpholine rings is 1. The van der Waals surface area contributed by atoms with E-state index < -0.39 is 6.04 Å². The Morgan fingerprint density at radius 3 is 2.92 bits per heavy atom. The van der Waals surface area contributed by atoms with Crippen molar-refractivity contribution in [2.24, 2.45) is 0 Å². The molecule has 2 unspecified atom stereocenters. The lowest BCUT2D eigenvalue weighted by molar-refractivity contribution is -0.122. The van der Waals surface area contributed by atoms with Crippen molar-refractivity contribution in [1.82, 2.24) is 20.8 Å². The number of nitrogens with one attached hydrogen (secondary N) is 2. The number of carbonyl (C=O) groups is 1. The number of hydrogen-bond donors (Lipinski definition) is 2. The highest BCUT2D eigenvalue weighted by molar-refractivity contribution is 5.85. The number of aryl methyl sites for hydroxylation is 1. The van der Waals surface area contributed by atoms with E-state index in [0.29, 0.717) is 37.1 Å². The van der Waals surface area contributed by atoms with Crippen LogP contribution in [0.25, 0.3) is 0 Å². The van der Waals surface area contributed by atoms with Crippen molar-refractivity contribution >= 4 is 18.3 Å². The average Bonchev–Trinajstić information content (AvgIpc) is 3.06. The zero-order valence-electron chi connectivity index (χ0n) is 14.7. The molecule has 1 fully saturated rings. The van der Waals surface area contributed by atoms with Gasteiger partial charge >= 0.3 is 0 Å². The smallest absolute Gasteiger partial charge is 0.223 e. The summed E-state index contributed by atoms with van der Waals surface area (Å²) in [6, 6.07) is 6.90. The van der Waals surface area contributed by atoms with Crippen LogP contribution in [-0.4, -0.2) is 49.0 Å². The fraction of sp³-hybridized carbons (Fsp3) is 0.471. The van der Waals surface area contributed by atoms with Gasteiger partial charge in [-0.3, -0.25) is 4.79 Å². The van der Waals surface area contributed by atoms with Gasteiger partial charge in [-0.05, 0) is 6.07 Å². The number of amides is 1. The van der Waals surface area contributed by atoms with E-state index in [0.717, 1.165) is 12.1 Å². The molecule has 2 N–H and O–H groups in total. The molecule has 1 amide bonds. The zero-order chi connectivity index (χ0) is 17.6. The highest BCUT2D eigenvalue weighted by Crippen LogP contribution is 2.28. The van der Waals surface area contributed by atoms with Gasteiger partial charge in [-0.2, -0.15) is 4.98 Å². The molecule has 0 radical (unpaired) electrons. The Morgan fingerprint density at radius 1 is 1.46 bits per heavy atom. The summed E-state index contributed by atoms with van der Waals surface area (Å²) < 4.78 is 15.9. The molecule has 2 atom stereocenters. The summed E-state index contributed by atoms with van der Waals surface area (Å²) in [5, 5.41) is 10.2. The topological polar surface area (TPSA) is 98.5 Å². The van der Waals surface area contributed by atoms with Crippen molar-refractivity contribution in [3.05, 3.63) is 41.5 Å². The monoisotopic (exact) mass is 382 g/mol. The van der Waals surface area contributed by atoms with E-state index in [2.05, 4.69) is 20.8 Å². The molecule has 2 aromatic rings. The van der Waals surface area contributed by atoms with Crippen LogP contribution in [0, 0.1) is 6.92 Å². The Kier molecular flexibility index (Phi) is 7.38. The minimum absolute atomic E-state index is 0. The Bertz CT molecular complexity index is 718. The van der Waals surface area contributed by atoms with Gasteiger partial charge in [-0.1, -0.05) is 23.4 Å². The highest BCUT2D eigenvalue weighted by Gasteiger charge is 2.26. The second-order valence-corrected chi connectivity index (χ2v) is 5.84. The summed E-state index contributed by atoms with van der Waals surface area (Å²) in [7, 11) is 1.59. The molecule has 0 spiro atoms. The molecular weight excluding hydrogens is 360 g/mol. The Balaban J connectivity index is 0.00000243. The van der Waals surface area contributed by atoms with E-state index in [-0.39, 0.29) is 24.4 Å². The number of para-hydroxylation sites is 1. The van der Waals surface area contributed by atoms with E-state index in [4.69, 9.17) is 14.0 Å². The number of benzene rings is 1. The fourth-order valence-electron chi connectivity index (χ4n) is 2.81. The zero-order valence-corrected chi connectivity index (χ0v) is 15.5. The number of ether oxygens (including phenoxy) is 2. The van der Waals surface area contributed by atoms with Crippen LogP contribution < -0.4 is 15.4 Å². The third-order valence-electron chi connectivity index (χ3n) is 3.99. The van der Waals surface area contributed by atoms with Crippen molar-refractivity contribution < 1.29 is 18.8 Å². The summed E-state index contributed by atoms with van der Waals surface area (Å²) in [5.74, 6) is 1.35. The lowest BCUT2D eigenvalue weighted by Gasteiger charge is -2.24. The van der Waals surface area contributed by atoms with Gasteiger partial charge < -0.3 is 24.6 Å². The van der Waals surface area contributed by atoms with E-state index in [9.17, 15) is 4.79 Å². The van der Waals surface area contributed by atoms with Crippen LogP contribution in [0.5, 0.6) is 5.75 Å². The number of halogens is 1. The second-order valence-electron chi connectivity index (χ2n) is 5.84. The quantitative estimate of drug-likeness (QED) is 0.778. The predicted octanol–water partition coefficient (Wildman–Crippen LogP) is 1.39. The van der Waals surface area contributed by atoms with Crippen LogP contribution in [0.15, 0.2) is 28.8 Å². The molecule has 0 saturated carbocycles. The van der Waals surface area contributed by atoms with Crippen molar-refractivity contribution in [2.75, 3.05) is 26.9 Å². The predicted molar refractivity (Wildman–Crippen MR) is 96.5 cm³/mol. The third-order valence-corrected chi connectivity index (χ3v) is 3.99. The second kappa shape index (κ2) is 9.51. The van der Waals surface area contributed by atoms with Gasteiger partial charge in [0.2, 0.25) is 11.8 Å². The Hall–Kier alpha value is -2.16. The molecular formula is C17H23ClN4O4. The first kappa shape index (κ1) is 20.2. The minimum atomic E-state index is -0.550. The van der Waals surface area contributed by atoms with E-state index in [1.807, 2.05) is 24.3 Å². The largest absolute Gasteiger partial charge is 0.496 e. The normalized spacial score (nSPS) is 17.8. The summed E-state index contributed by atoms with van der Waals surface area (Å²) in [6.07, 6.45) is 0.308. The van der Waals surface area contributed by atoms with Gasteiger partial charge in [0, 0.05) is 31.5 Å². The maximum absolute atomic E-state index is 12.5. The van der Waals surface area contributed by atoms with Crippen LogP contribution in [0.3, 0.4) is 0 Å². The number of nitrogens with zero attached hydrogens (tertiary/aromatic N) is 2. The minimum Gasteiger partial charge on any atom is -0.496 e. The van der Waals surface area contributed by atoms with Gasteiger partial charge in [0.15, 0.2) is 5.82 Å². The van der Waals surface area contributed by atoms with Crippen LogP contribution in [0.4, 0.5) is 0 Å². The van der Waals surface area contributed by atoms with Gasteiger partial charge in [-0.15, -0.1) is 12.4 Å². The van der Waals surface area contributed by atoms with Crippen molar-refractivity contribution in [3.63, 3.8) is 0 Å². The van der Waals surface area contributed by atoms with E-state index >= 15 is 0 Å². The SMILES string of the molecule is COc1ccccc1C(NC(=O)CC1COCCN1)c1noc(C)n1.Cl. The number of hydrogen-bond acceptors (Lipinski definition) is 7. The van der Waals surface area contributed by atoms with Crippen molar-refractivity contribution in [1.29, 1.82) is 0 Å². The highest BCUT2D eigenvalue weighted by atomic mass is 35.5. The number of aromatic nitrogens is 2. The molecule has 1 aromatic carbocycles. The molecule has 1 aromatic heterocycles. The molecule has 26 heavy (non-hydrogen) atoms. The van der Waals surface area contributed by atoms with Gasteiger partial charge in [0.1, 0.15) is 11.8 Å². The number of rotatable bonds is 6. The summed E-state index contributed by atoms with van der Waals surface area (Å²) in [4.78, 5) is 16.8. The standard InChI is InChI=1S/C17H22N4O4.ClH/c1-11-19-17(21-25-11)16(13-5-3-4-6-14(13)23-2)20-15(22)9-12-10-24-8-7-18-12;/h3-6,12,16,18H,7-10H2,1-2H3,(H,20,22);1H. The lowest BCUT2D eigenvalue weighted by atomic mass is 10.0. The Morgan fingerprint density at radius 2 is 2.27 bits per heavy atom. The maximum Gasteiger partial charge on any atom is 0.223 e. The molecule has 9 heteroatoms. The average molecular weight is 383 g/mol. The lowest BCUT2D eigenvalue weighted by Crippen LogP contribution is -2.44.